The molecule has 4 heteroatoms. The number of hydrogen-bond donors (Lipinski definition) is 1. The van der Waals surface area contributed by atoms with Crippen LogP contribution in [0.5, 0.6) is 0 Å². The second kappa shape index (κ2) is 7.03. The van der Waals surface area contributed by atoms with Crippen LogP contribution >= 0.6 is 0 Å². The van der Waals surface area contributed by atoms with Crippen molar-refractivity contribution >= 4 is 5.91 Å². The summed E-state index contributed by atoms with van der Waals surface area (Å²) in [7, 11) is 0. The molecule has 2 aromatic rings. The lowest BCUT2D eigenvalue weighted by Gasteiger charge is -2.14. The fourth-order valence-electron chi connectivity index (χ4n) is 3.20. The van der Waals surface area contributed by atoms with Crippen molar-refractivity contribution in [2.45, 2.75) is 59.3 Å². The highest BCUT2D eigenvalue weighted by atomic mass is 16.1. The Hall–Kier alpha value is -2.10. The Balaban J connectivity index is 2.10. The van der Waals surface area contributed by atoms with Gasteiger partial charge < -0.3 is 5.32 Å². The molecule has 1 aromatic heterocycles. The van der Waals surface area contributed by atoms with Gasteiger partial charge in [-0.15, -0.1) is 0 Å². The maximum atomic E-state index is 13.0. The van der Waals surface area contributed by atoms with Gasteiger partial charge in [-0.3, -0.25) is 4.79 Å². The van der Waals surface area contributed by atoms with Crippen LogP contribution in [0.2, 0.25) is 0 Å². The molecule has 0 saturated heterocycles. The summed E-state index contributed by atoms with van der Waals surface area (Å²) >= 11 is 0. The zero-order valence-electron chi connectivity index (χ0n) is 16.0. The first-order valence-electron chi connectivity index (χ1n) is 9.36. The van der Waals surface area contributed by atoms with E-state index in [0.29, 0.717) is 18.4 Å². The molecular weight excluding hydrogens is 310 g/mol. The summed E-state index contributed by atoms with van der Waals surface area (Å²) in [6, 6.07) is 8.33. The zero-order chi connectivity index (χ0) is 18.1. The smallest absolute Gasteiger partial charge is 0.255 e. The lowest BCUT2D eigenvalue weighted by Crippen LogP contribution is -2.29. The number of nitrogens with one attached hydrogen (secondary N) is 1. The summed E-state index contributed by atoms with van der Waals surface area (Å²) in [5.41, 5.74) is 5.04. The van der Waals surface area contributed by atoms with Gasteiger partial charge in [0.05, 0.1) is 22.6 Å². The van der Waals surface area contributed by atoms with Gasteiger partial charge in [-0.05, 0) is 49.3 Å². The maximum Gasteiger partial charge on any atom is 0.255 e. The molecule has 3 rings (SSSR count). The van der Waals surface area contributed by atoms with E-state index in [1.54, 1.807) is 0 Å². The highest BCUT2D eigenvalue weighted by Gasteiger charge is 2.35. The number of nitrogens with zero attached hydrogens (tertiary/aromatic N) is 2. The molecule has 0 aliphatic heterocycles. The molecule has 0 bridgehead atoms. The molecule has 25 heavy (non-hydrogen) atoms. The summed E-state index contributed by atoms with van der Waals surface area (Å²) in [4.78, 5) is 13.0. The van der Waals surface area contributed by atoms with Crippen molar-refractivity contribution in [1.29, 1.82) is 0 Å². The maximum absolute atomic E-state index is 13.0. The van der Waals surface area contributed by atoms with Crippen LogP contribution in [0.1, 0.15) is 79.7 Å². The molecule has 134 valence electrons. The van der Waals surface area contributed by atoms with Gasteiger partial charge in [0, 0.05) is 12.5 Å². The van der Waals surface area contributed by atoms with Crippen LogP contribution in [-0.2, 0) is 0 Å². The van der Waals surface area contributed by atoms with Crippen molar-refractivity contribution in [3.63, 3.8) is 0 Å². The molecule has 0 spiro atoms. The second-order valence-corrected chi connectivity index (χ2v) is 7.93. The van der Waals surface area contributed by atoms with Crippen LogP contribution in [0.3, 0.4) is 0 Å². The number of benzene rings is 1. The summed E-state index contributed by atoms with van der Waals surface area (Å²) in [5, 5.41) is 8.01. The number of hydrogen-bond acceptors (Lipinski definition) is 2. The van der Waals surface area contributed by atoms with Crippen LogP contribution in [0.25, 0.3) is 5.69 Å². The minimum atomic E-state index is 0.0261. The minimum absolute atomic E-state index is 0.0261. The number of rotatable bonds is 6. The topological polar surface area (TPSA) is 46.9 Å². The van der Waals surface area contributed by atoms with Crippen molar-refractivity contribution in [3.05, 3.63) is 46.8 Å². The Bertz CT molecular complexity index is 769. The lowest BCUT2D eigenvalue weighted by atomic mass is 10.0. The number of carbonyl (C=O) groups excluding carboxylic acids is 1. The zero-order valence-corrected chi connectivity index (χ0v) is 16.0. The quantitative estimate of drug-likeness (QED) is 0.838. The second-order valence-electron chi connectivity index (χ2n) is 7.93. The fourth-order valence-corrected chi connectivity index (χ4v) is 3.20. The fraction of sp³-hybridized carbons (Fsp3) is 0.524. The van der Waals surface area contributed by atoms with Crippen molar-refractivity contribution in [2.24, 2.45) is 5.92 Å². The van der Waals surface area contributed by atoms with Gasteiger partial charge in [0.1, 0.15) is 0 Å². The standard InChI is InChI=1S/C21H29N3O/c1-13(2)12-22-21(25)18-19(16-9-10-16)23-24(20(18)14(3)4)17-8-6-7-15(5)11-17/h6-8,11,13-14,16H,9-10,12H2,1-5H3,(H,22,25). The third kappa shape index (κ3) is 3.78. The Morgan fingerprint density at radius 2 is 2.00 bits per heavy atom. The number of amides is 1. The van der Waals surface area contributed by atoms with Gasteiger partial charge in [-0.2, -0.15) is 5.10 Å². The molecule has 1 saturated carbocycles. The Morgan fingerprint density at radius 3 is 2.56 bits per heavy atom. The normalized spacial score (nSPS) is 14.4. The van der Waals surface area contributed by atoms with Gasteiger partial charge in [0.2, 0.25) is 0 Å². The molecular formula is C21H29N3O. The first kappa shape index (κ1) is 17.7. The van der Waals surface area contributed by atoms with Crippen molar-refractivity contribution in [2.75, 3.05) is 6.54 Å². The average Bonchev–Trinajstić information content (AvgIpc) is 3.31. The Kier molecular flexibility index (Phi) is 4.98. The number of aromatic nitrogens is 2. The molecule has 1 aromatic carbocycles. The molecule has 1 aliphatic carbocycles. The molecule has 1 N–H and O–H groups in total. The molecule has 4 nitrogen and oxygen atoms in total. The van der Waals surface area contributed by atoms with E-state index in [2.05, 4.69) is 58.1 Å². The molecule has 1 amide bonds. The van der Waals surface area contributed by atoms with E-state index in [-0.39, 0.29) is 11.8 Å². The monoisotopic (exact) mass is 339 g/mol. The van der Waals surface area contributed by atoms with Crippen molar-refractivity contribution in [3.8, 4) is 5.69 Å². The molecule has 1 fully saturated rings. The summed E-state index contributed by atoms with van der Waals surface area (Å²) in [6.07, 6.45) is 2.26. The Labute approximate surface area is 150 Å². The van der Waals surface area contributed by atoms with Crippen molar-refractivity contribution < 1.29 is 4.79 Å². The minimum Gasteiger partial charge on any atom is -0.352 e. The van der Waals surface area contributed by atoms with E-state index in [1.165, 1.54) is 5.56 Å². The van der Waals surface area contributed by atoms with E-state index in [4.69, 9.17) is 5.10 Å². The first-order chi connectivity index (χ1) is 11.9. The average molecular weight is 339 g/mol. The predicted molar refractivity (Wildman–Crippen MR) is 102 cm³/mol. The highest BCUT2D eigenvalue weighted by molar-refractivity contribution is 5.97. The summed E-state index contributed by atoms with van der Waals surface area (Å²) in [6.45, 7) is 11.3. The number of carbonyl (C=O) groups is 1. The van der Waals surface area contributed by atoms with E-state index in [1.807, 2.05) is 10.7 Å². The van der Waals surface area contributed by atoms with Crippen LogP contribution in [0, 0.1) is 12.8 Å². The van der Waals surface area contributed by atoms with Gasteiger partial charge in [-0.25, -0.2) is 4.68 Å². The van der Waals surface area contributed by atoms with Gasteiger partial charge in [-0.1, -0.05) is 39.8 Å². The van der Waals surface area contributed by atoms with Crippen LogP contribution < -0.4 is 5.32 Å². The van der Waals surface area contributed by atoms with E-state index < -0.39 is 0 Å². The Morgan fingerprint density at radius 1 is 1.28 bits per heavy atom. The molecule has 1 heterocycles. The van der Waals surface area contributed by atoms with Gasteiger partial charge in [0.15, 0.2) is 0 Å². The summed E-state index contributed by atoms with van der Waals surface area (Å²) in [5.74, 6) is 1.12. The molecule has 0 atom stereocenters. The van der Waals surface area contributed by atoms with E-state index in [9.17, 15) is 4.79 Å². The highest BCUT2D eigenvalue weighted by Crippen LogP contribution is 2.43. The van der Waals surface area contributed by atoms with Gasteiger partial charge >= 0.3 is 0 Å². The lowest BCUT2D eigenvalue weighted by molar-refractivity contribution is 0.0946. The SMILES string of the molecule is Cc1cccc(-n2nc(C3CC3)c(C(=O)NCC(C)C)c2C(C)C)c1. The molecule has 1 aliphatic rings. The first-order valence-corrected chi connectivity index (χ1v) is 9.36. The van der Waals surface area contributed by atoms with Crippen LogP contribution in [0.15, 0.2) is 24.3 Å². The van der Waals surface area contributed by atoms with Crippen LogP contribution in [-0.4, -0.2) is 22.2 Å². The predicted octanol–water partition coefficient (Wildman–Crippen LogP) is 4.57. The summed E-state index contributed by atoms with van der Waals surface area (Å²) < 4.78 is 2.00. The third-order valence-corrected chi connectivity index (χ3v) is 4.60. The number of aryl methyl sites for hydroxylation is 1. The molecule has 0 unspecified atom stereocenters. The van der Waals surface area contributed by atoms with E-state index in [0.717, 1.165) is 35.5 Å². The van der Waals surface area contributed by atoms with Crippen LogP contribution in [0.4, 0.5) is 0 Å². The van der Waals surface area contributed by atoms with Crippen molar-refractivity contribution in [1.82, 2.24) is 15.1 Å². The largest absolute Gasteiger partial charge is 0.352 e. The third-order valence-electron chi connectivity index (χ3n) is 4.60. The van der Waals surface area contributed by atoms with E-state index >= 15 is 0 Å². The van der Waals surface area contributed by atoms with Gasteiger partial charge in [0.25, 0.3) is 5.91 Å². The molecule has 0 radical (unpaired) electrons.